The van der Waals surface area contributed by atoms with Crippen LogP contribution in [0.2, 0.25) is 0 Å². The zero-order valence-corrected chi connectivity index (χ0v) is 11.3. The number of hydrogen-bond donors (Lipinski definition) is 1. The van der Waals surface area contributed by atoms with Crippen LogP contribution in [0.3, 0.4) is 0 Å². The third kappa shape index (κ3) is 3.46. The molecular formula is C11H18IN3. The van der Waals surface area contributed by atoms with Gasteiger partial charge in [0.05, 0.1) is 3.70 Å². The van der Waals surface area contributed by atoms with Crippen molar-refractivity contribution in [2.45, 2.75) is 0 Å². The van der Waals surface area contributed by atoms with Gasteiger partial charge >= 0.3 is 0 Å². The van der Waals surface area contributed by atoms with E-state index in [9.17, 15) is 0 Å². The molecule has 0 saturated carbocycles. The lowest BCUT2D eigenvalue weighted by atomic mass is 10.2. The Morgan fingerprint density at radius 3 is 2.60 bits per heavy atom. The van der Waals surface area contributed by atoms with Gasteiger partial charge in [0, 0.05) is 39.3 Å². The molecule has 0 amide bonds. The van der Waals surface area contributed by atoms with Crippen molar-refractivity contribution in [2.24, 2.45) is 0 Å². The van der Waals surface area contributed by atoms with Crippen LogP contribution in [-0.4, -0.2) is 56.1 Å². The monoisotopic (exact) mass is 319 g/mol. The molecule has 1 N–H and O–H groups in total. The Morgan fingerprint density at radius 1 is 1.27 bits per heavy atom. The standard InChI is InChI=1S/C11H18IN3/c1-14-4-6-15(7-5-14)9-10-2-3-11(12)13-8-10/h2-3,13H,4-9H2,1H3. The van der Waals surface area contributed by atoms with Crippen molar-refractivity contribution >= 4 is 22.6 Å². The summed E-state index contributed by atoms with van der Waals surface area (Å²) >= 11 is 2.33. The van der Waals surface area contributed by atoms with Gasteiger partial charge in [-0.25, -0.2) is 0 Å². The van der Waals surface area contributed by atoms with E-state index >= 15 is 0 Å². The van der Waals surface area contributed by atoms with Crippen molar-refractivity contribution in [1.82, 2.24) is 15.1 Å². The predicted octanol–water partition coefficient (Wildman–Crippen LogP) is 1.04. The van der Waals surface area contributed by atoms with Gasteiger partial charge in [-0.15, -0.1) is 0 Å². The molecule has 2 rings (SSSR count). The minimum atomic E-state index is 1.01. The summed E-state index contributed by atoms with van der Waals surface area (Å²) in [6.07, 6.45) is 4.42. The molecule has 0 atom stereocenters. The highest BCUT2D eigenvalue weighted by Crippen LogP contribution is 2.11. The smallest absolute Gasteiger partial charge is 0.0734 e. The summed E-state index contributed by atoms with van der Waals surface area (Å²) in [5.41, 5.74) is 1.50. The number of halogens is 1. The maximum atomic E-state index is 3.37. The molecule has 2 aliphatic rings. The van der Waals surface area contributed by atoms with Crippen molar-refractivity contribution in [3.05, 3.63) is 21.4 Å². The molecule has 84 valence electrons. The van der Waals surface area contributed by atoms with E-state index < -0.39 is 0 Å². The van der Waals surface area contributed by atoms with Gasteiger partial charge in [-0.1, -0.05) is 6.08 Å². The first kappa shape index (κ1) is 11.4. The summed E-state index contributed by atoms with van der Waals surface area (Å²) in [5, 5.41) is 3.37. The van der Waals surface area contributed by atoms with E-state index in [-0.39, 0.29) is 0 Å². The van der Waals surface area contributed by atoms with Gasteiger partial charge in [-0.05, 0) is 41.3 Å². The molecular weight excluding hydrogens is 301 g/mol. The van der Waals surface area contributed by atoms with Crippen LogP contribution in [0.15, 0.2) is 21.4 Å². The second-order valence-electron chi connectivity index (χ2n) is 4.27. The van der Waals surface area contributed by atoms with Gasteiger partial charge in [0.25, 0.3) is 0 Å². The van der Waals surface area contributed by atoms with Gasteiger partial charge in [0.1, 0.15) is 0 Å². The van der Waals surface area contributed by atoms with Gasteiger partial charge in [-0.2, -0.15) is 0 Å². The normalized spacial score (nSPS) is 24.4. The quantitative estimate of drug-likeness (QED) is 0.606. The van der Waals surface area contributed by atoms with Crippen LogP contribution in [0.1, 0.15) is 0 Å². The third-order valence-electron chi connectivity index (χ3n) is 2.97. The molecule has 4 heteroatoms. The van der Waals surface area contributed by atoms with E-state index in [1.165, 1.54) is 35.5 Å². The van der Waals surface area contributed by atoms with E-state index in [0.717, 1.165) is 13.1 Å². The van der Waals surface area contributed by atoms with E-state index in [1.807, 2.05) is 0 Å². The summed E-state index contributed by atoms with van der Waals surface area (Å²) in [6.45, 7) is 6.95. The second kappa shape index (κ2) is 5.32. The second-order valence-corrected chi connectivity index (χ2v) is 5.43. The van der Waals surface area contributed by atoms with Crippen molar-refractivity contribution in [3.8, 4) is 0 Å². The number of nitrogens with zero attached hydrogens (tertiary/aromatic N) is 2. The molecule has 0 aromatic rings. The average molecular weight is 319 g/mol. The molecule has 2 heterocycles. The molecule has 0 unspecified atom stereocenters. The Bertz CT molecular complexity index is 278. The number of allylic oxidation sites excluding steroid dienone is 2. The van der Waals surface area contributed by atoms with Crippen molar-refractivity contribution in [3.63, 3.8) is 0 Å². The molecule has 1 saturated heterocycles. The number of hydrogen-bond acceptors (Lipinski definition) is 3. The van der Waals surface area contributed by atoms with Crippen LogP contribution in [0.25, 0.3) is 0 Å². The van der Waals surface area contributed by atoms with Gasteiger partial charge in [0.2, 0.25) is 0 Å². The molecule has 0 aromatic carbocycles. The fourth-order valence-corrected chi connectivity index (χ4v) is 2.28. The maximum absolute atomic E-state index is 3.37. The zero-order chi connectivity index (χ0) is 10.7. The van der Waals surface area contributed by atoms with E-state index in [1.54, 1.807) is 0 Å². The Labute approximate surface area is 105 Å². The molecule has 0 radical (unpaired) electrons. The molecule has 0 spiro atoms. The number of dihydropyridines is 1. The highest BCUT2D eigenvalue weighted by atomic mass is 127. The van der Waals surface area contributed by atoms with Crippen molar-refractivity contribution in [2.75, 3.05) is 46.3 Å². The Balaban J connectivity index is 1.82. The van der Waals surface area contributed by atoms with Crippen LogP contribution in [0, 0.1) is 0 Å². The van der Waals surface area contributed by atoms with Gasteiger partial charge in [-0.3, -0.25) is 4.90 Å². The molecule has 0 aliphatic carbocycles. The third-order valence-corrected chi connectivity index (χ3v) is 3.71. The minimum Gasteiger partial charge on any atom is -0.376 e. The lowest BCUT2D eigenvalue weighted by Crippen LogP contribution is -2.45. The van der Waals surface area contributed by atoms with Crippen LogP contribution < -0.4 is 5.32 Å². The number of piperazine rings is 1. The summed E-state index contributed by atoms with van der Waals surface area (Å²) in [4.78, 5) is 4.94. The number of rotatable bonds is 2. The fraction of sp³-hybridized carbons (Fsp3) is 0.636. The van der Waals surface area contributed by atoms with Crippen LogP contribution in [0.5, 0.6) is 0 Å². The topological polar surface area (TPSA) is 18.5 Å². The highest BCUT2D eigenvalue weighted by Gasteiger charge is 2.15. The van der Waals surface area contributed by atoms with Crippen LogP contribution in [-0.2, 0) is 0 Å². The van der Waals surface area contributed by atoms with Crippen LogP contribution in [0.4, 0.5) is 0 Å². The first-order chi connectivity index (χ1) is 7.24. The van der Waals surface area contributed by atoms with Gasteiger partial charge in [0.15, 0.2) is 0 Å². The van der Waals surface area contributed by atoms with Crippen LogP contribution >= 0.6 is 22.6 Å². The van der Waals surface area contributed by atoms with Crippen molar-refractivity contribution in [1.29, 1.82) is 0 Å². The molecule has 2 aliphatic heterocycles. The largest absolute Gasteiger partial charge is 0.376 e. The summed E-state index contributed by atoms with van der Waals surface area (Å²) in [7, 11) is 2.20. The first-order valence-electron chi connectivity index (χ1n) is 5.44. The first-order valence-corrected chi connectivity index (χ1v) is 6.52. The molecule has 3 nitrogen and oxygen atoms in total. The zero-order valence-electron chi connectivity index (χ0n) is 9.17. The van der Waals surface area contributed by atoms with Gasteiger partial charge < -0.3 is 10.2 Å². The SMILES string of the molecule is CN1CCN(CC2=CC=C(I)NC2)CC1. The number of likely N-dealkylation sites (N-methyl/N-ethyl adjacent to an activating group) is 1. The maximum Gasteiger partial charge on any atom is 0.0734 e. The fourth-order valence-electron chi connectivity index (χ4n) is 1.91. The van der Waals surface area contributed by atoms with E-state index in [2.05, 4.69) is 56.9 Å². The van der Waals surface area contributed by atoms with Crippen molar-refractivity contribution < 1.29 is 0 Å². The van der Waals surface area contributed by atoms with E-state index in [4.69, 9.17) is 0 Å². The molecule has 15 heavy (non-hydrogen) atoms. The lowest BCUT2D eigenvalue weighted by molar-refractivity contribution is 0.163. The Kier molecular flexibility index (Phi) is 4.05. The summed E-state index contributed by atoms with van der Waals surface area (Å²) in [5.74, 6) is 0. The molecule has 1 fully saturated rings. The predicted molar refractivity (Wildman–Crippen MR) is 72.1 cm³/mol. The minimum absolute atomic E-state index is 1.01. The summed E-state index contributed by atoms with van der Waals surface area (Å²) in [6, 6.07) is 0. The Morgan fingerprint density at radius 2 is 2.00 bits per heavy atom. The number of nitrogens with one attached hydrogen (secondary N) is 1. The summed E-state index contributed by atoms with van der Waals surface area (Å²) < 4.78 is 1.25. The highest BCUT2D eigenvalue weighted by molar-refractivity contribution is 14.1. The average Bonchev–Trinajstić information content (AvgIpc) is 2.25. The van der Waals surface area contributed by atoms with E-state index in [0.29, 0.717) is 0 Å². The Hall–Kier alpha value is -0.0700. The molecule has 0 aromatic heterocycles. The lowest BCUT2D eigenvalue weighted by Gasteiger charge is -2.33. The molecule has 0 bridgehead atoms.